The van der Waals surface area contributed by atoms with Crippen molar-refractivity contribution in [2.75, 3.05) is 0 Å². The third kappa shape index (κ3) is 1.80. The van der Waals surface area contributed by atoms with E-state index in [1.54, 1.807) is 6.08 Å². The van der Waals surface area contributed by atoms with Gasteiger partial charge in [0, 0.05) is 10.0 Å². The number of carbonyl (C=O) groups is 1. The van der Waals surface area contributed by atoms with Gasteiger partial charge >= 0.3 is 5.97 Å². The molecule has 0 saturated heterocycles. The molecule has 0 bridgehead atoms. The highest BCUT2D eigenvalue weighted by Crippen LogP contribution is 2.38. The van der Waals surface area contributed by atoms with Crippen molar-refractivity contribution in [1.82, 2.24) is 0 Å². The van der Waals surface area contributed by atoms with E-state index in [1.165, 1.54) is 5.56 Å². The first kappa shape index (κ1) is 11.4. The lowest BCUT2D eigenvalue weighted by molar-refractivity contribution is -0.133. The Morgan fingerprint density at radius 2 is 2.00 bits per heavy atom. The van der Waals surface area contributed by atoms with Crippen molar-refractivity contribution in [1.29, 1.82) is 0 Å². The molecule has 2 rings (SSSR count). The molecule has 2 atom stereocenters. The summed E-state index contributed by atoms with van der Waals surface area (Å²) in [5, 5.41) is 9.13. The smallest absolute Gasteiger partial charge is 0.331 e. The first-order valence-electron chi connectivity index (χ1n) is 5.25. The van der Waals surface area contributed by atoms with Crippen molar-refractivity contribution in [2.24, 2.45) is 5.92 Å². The summed E-state index contributed by atoms with van der Waals surface area (Å²) in [6, 6.07) is 5.98. The van der Waals surface area contributed by atoms with Gasteiger partial charge in [-0.25, -0.2) is 4.79 Å². The summed E-state index contributed by atoms with van der Waals surface area (Å²) in [5.41, 5.74) is 2.74. The average Bonchev–Trinajstić information content (AvgIpc) is 2.23. The van der Waals surface area contributed by atoms with Crippen molar-refractivity contribution in [3.63, 3.8) is 0 Å². The molecule has 1 aliphatic carbocycles. The van der Waals surface area contributed by atoms with Crippen LogP contribution in [-0.4, -0.2) is 11.1 Å². The highest BCUT2D eigenvalue weighted by molar-refractivity contribution is 9.10. The van der Waals surface area contributed by atoms with Gasteiger partial charge < -0.3 is 5.11 Å². The molecule has 3 heteroatoms. The summed E-state index contributed by atoms with van der Waals surface area (Å²) in [6.07, 6.45) is 1.79. The number of carboxylic acids is 1. The molecule has 0 aliphatic heterocycles. The van der Waals surface area contributed by atoms with Gasteiger partial charge in [0.05, 0.1) is 0 Å². The van der Waals surface area contributed by atoms with Crippen molar-refractivity contribution in [2.45, 2.75) is 19.8 Å². The van der Waals surface area contributed by atoms with Crippen LogP contribution in [0.25, 0.3) is 6.08 Å². The van der Waals surface area contributed by atoms with Crippen molar-refractivity contribution in [3.05, 3.63) is 39.4 Å². The molecule has 0 spiro atoms. The van der Waals surface area contributed by atoms with E-state index in [4.69, 9.17) is 5.11 Å². The Hall–Kier alpha value is -1.09. The second kappa shape index (κ2) is 4.06. The standard InChI is InChI=1S/C13H13BrO2/c1-7-8(2)12(13(15)16)5-9-3-4-10(14)6-11(7)9/h3-8H,1-2H3,(H,15,16). The third-order valence-corrected chi connectivity index (χ3v) is 3.83. The van der Waals surface area contributed by atoms with Crippen LogP contribution in [0.4, 0.5) is 0 Å². The van der Waals surface area contributed by atoms with E-state index in [0.717, 1.165) is 10.0 Å². The van der Waals surface area contributed by atoms with E-state index in [9.17, 15) is 4.79 Å². The maximum atomic E-state index is 11.1. The van der Waals surface area contributed by atoms with E-state index in [0.29, 0.717) is 5.57 Å². The Morgan fingerprint density at radius 3 is 2.62 bits per heavy atom. The molecule has 0 fully saturated rings. The molecule has 1 N–H and O–H groups in total. The lowest BCUT2D eigenvalue weighted by atomic mass is 9.77. The van der Waals surface area contributed by atoms with Gasteiger partial charge in [-0.3, -0.25) is 0 Å². The maximum absolute atomic E-state index is 11.1. The molecule has 0 aromatic heterocycles. The van der Waals surface area contributed by atoms with Gasteiger partial charge in [0.15, 0.2) is 0 Å². The lowest BCUT2D eigenvalue weighted by Crippen LogP contribution is -2.19. The fourth-order valence-electron chi connectivity index (χ4n) is 2.17. The minimum atomic E-state index is -0.812. The topological polar surface area (TPSA) is 37.3 Å². The first-order valence-corrected chi connectivity index (χ1v) is 6.04. The van der Waals surface area contributed by atoms with Crippen LogP contribution in [0.3, 0.4) is 0 Å². The Balaban J connectivity index is 2.58. The van der Waals surface area contributed by atoms with Crippen LogP contribution in [-0.2, 0) is 4.79 Å². The maximum Gasteiger partial charge on any atom is 0.331 e. The zero-order valence-corrected chi connectivity index (χ0v) is 10.8. The van der Waals surface area contributed by atoms with E-state index in [2.05, 4.69) is 28.9 Å². The quantitative estimate of drug-likeness (QED) is 0.852. The predicted molar refractivity (Wildman–Crippen MR) is 67.3 cm³/mol. The minimum absolute atomic E-state index is 0.0549. The molecular weight excluding hydrogens is 268 g/mol. The van der Waals surface area contributed by atoms with Crippen molar-refractivity contribution in [3.8, 4) is 0 Å². The molecule has 0 saturated carbocycles. The molecule has 1 aromatic rings. The summed E-state index contributed by atoms with van der Waals surface area (Å²) in [4.78, 5) is 11.1. The second-order valence-electron chi connectivity index (χ2n) is 4.26. The fourth-order valence-corrected chi connectivity index (χ4v) is 2.54. The summed E-state index contributed by atoms with van der Waals surface area (Å²) >= 11 is 3.44. The number of halogens is 1. The van der Waals surface area contributed by atoms with Crippen LogP contribution in [0.1, 0.15) is 30.9 Å². The number of hydrogen-bond acceptors (Lipinski definition) is 1. The van der Waals surface area contributed by atoms with Gasteiger partial charge in [-0.2, -0.15) is 0 Å². The molecular formula is C13H13BrO2. The van der Waals surface area contributed by atoms with E-state index in [-0.39, 0.29) is 11.8 Å². The summed E-state index contributed by atoms with van der Waals surface area (Å²) in [5.74, 6) is -0.518. The Labute approximate surface area is 103 Å². The molecule has 0 radical (unpaired) electrons. The molecule has 0 amide bonds. The van der Waals surface area contributed by atoms with Gasteiger partial charge in [-0.05, 0) is 41.2 Å². The summed E-state index contributed by atoms with van der Waals surface area (Å²) in [6.45, 7) is 4.04. The largest absolute Gasteiger partial charge is 0.478 e. The Morgan fingerprint density at radius 1 is 1.31 bits per heavy atom. The molecule has 1 aliphatic rings. The summed E-state index contributed by atoms with van der Waals surface area (Å²) in [7, 11) is 0. The summed E-state index contributed by atoms with van der Waals surface area (Å²) < 4.78 is 1.04. The zero-order valence-electron chi connectivity index (χ0n) is 9.20. The van der Waals surface area contributed by atoms with Gasteiger partial charge in [0.2, 0.25) is 0 Å². The Bertz CT molecular complexity index is 477. The number of benzene rings is 1. The van der Waals surface area contributed by atoms with E-state index >= 15 is 0 Å². The zero-order chi connectivity index (χ0) is 11.9. The van der Waals surface area contributed by atoms with Gasteiger partial charge in [-0.1, -0.05) is 35.8 Å². The number of aliphatic carboxylic acids is 1. The second-order valence-corrected chi connectivity index (χ2v) is 5.17. The van der Waals surface area contributed by atoms with Gasteiger partial charge in [-0.15, -0.1) is 0 Å². The molecule has 2 unspecified atom stereocenters. The molecule has 16 heavy (non-hydrogen) atoms. The minimum Gasteiger partial charge on any atom is -0.478 e. The number of hydrogen-bond donors (Lipinski definition) is 1. The number of fused-ring (bicyclic) bond motifs is 1. The number of rotatable bonds is 1. The lowest BCUT2D eigenvalue weighted by Gasteiger charge is -2.27. The van der Waals surface area contributed by atoms with E-state index < -0.39 is 5.97 Å². The molecule has 84 valence electrons. The molecule has 2 nitrogen and oxygen atoms in total. The highest BCUT2D eigenvalue weighted by Gasteiger charge is 2.28. The SMILES string of the molecule is CC1C(C(=O)O)=Cc2ccc(Br)cc2C1C. The van der Waals surface area contributed by atoms with Crippen LogP contribution in [0, 0.1) is 5.92 Å². The average molecular weight is 281 g/mol. The van der Waals surface area contributed by atoms with Crippen LogP contribution < -0.4 is 0 Å². The Kier molecular flexibility index (Phi) is 2.89. The normalized spacial score (nSPS) is 23.6. The van der Waals surface area contributed by atoms with Crippen LogP contribution in [0.15, 0.2) is 28.2 Å². The first-order chi connectivity index (χ1) is 7.50. The van der Waals surface area contributed by atoms with Gasteiger partial charge in [0.1, 0.15) is 0 Å². The van der Waals surface area contributed by atoms with E-state index in [1.807, 2.05) is 19.1 Å². The molecule has 1 aromatic carbocycles. The predicted octanol–water partition coefficient (Wildman–Crippen LogP) is 3.67. The number of carboxylic acid groups (broad SMARTS) is 1. The van der Waals surface area contributed by atoms with Crippen LogP contribution >= 0.6 is 15.9 Å². The van der Waals surface area contributed by atoms with Crippen LogP contribution in [0.2, 0.25) is 0 Å². The van der Waals surface area contributed by atoms with Gasteiger partial charge in [0.25, 0.3) is 0 Å². The van der Waals surface area contributed by atoms with Crippen molar-refractivity contribution < 1.29 is 9.90 Å². The van der Waals surface area contributed by atoms with Crippen LogP contribution in [0.5, 0.6) is 0 Å². The highest BCUT2D eigenvalue weighted by atomic mass is 79.9. The third-order valence-electron chi connectivity index (χ3n) is 3.34. The molecule has 0 heterocycles. The fraction of sp³-hybridized carbons (Fsp3) is 0.308. The van der Waals surface area contributed by atoms with Crippen molar-refractivity contribution >= 4 is 28.0 Å². The monoisotopic (exact) mass is 280 g/mol.